The summed E-state index contributed by atoms with van der Waals surface area (Å²) in [5.74, 6) is -0.389. The third-order valence-corrected chi connectivity index (χ3v) is 4.16. The molecule has 25 heavy (non-hydrogen) atoms. The van der Waals surface area contributed by atoms with E-state index in [1.54, 1.807) is 0 Å². The molecule has 0 amide bonds. The fourth-order valence-corrected chi connectivity index (χ4v) is 2.88. The second kappa shape index (κ2) is 9.80. The van der Waals surface area contributed by atoms with Gasteiger partial charge in [-0.15, -0.1) is 0 Å². The molecule has 2 aromatic carbocycles. The van der Waals surface area contributed by atoms with E-state index in [0.29, 0.717) is 19.4 Å². The van der Waals surface area contributed by atoms with Gasteiger partial charge in [0.25, 0.3) is 0 Å². The second-order valence-corrected chi connectivity index (χ2v) is 6.03. The molecule has 0 aliphatic rings. The number of aryl methyl sites for hydroxylation is 1. The predicted molar refractivity (Wildman–Crippen MR) is 102 cm³/mol. The molecule has 0 saturated carbocycles. The second-order valence-electron chi connectivity index (χ2n) is 6.03. The molecule has 2 rings (SSSR count). The van der Waals surface area contributed by atoms with Gasteiger partial charge in [-0.2, -0.15) is 0 Å². The first-order valence-corrected chi connectivity index (χ1v) is 8.79. The number of hydrogen-bond donors (Lipinski definition) is 1. The quantitative estimate of drug-likeness (QED) is 0.553. The lowest BCUT2D eigenvalue weighted by Crippen LogP contribution is -2.05. The van der Waals surface area contributed by atoms with Gasteiger partial charge < -0.3 is 9.84 Å². The maximum Gasteiger partial charge on any atom is 0.330 e. The molecule has 2 aromatic rings. The zero-order valence-corrected chi connectivity index (χ0v) is 14.8. The van der Waals surface area contributed by atoms with Crippen LogP contribution in [0.1, 0.15) is 30.0 Å². The number of aliphatic hydroxyl groups excluding tert-OH is 1. The van der Waals surface area contributed by atoms with Crippen molar-refractivity contribution in [1.29, 1.82) is 0 Å². The summed E-state index contributed by atoms with van der Waals surface area (Å²) in [7, 11) is 0. The lowest BCUT2D eigenvalue weighted by molar-refractivity contribution is -0.137. The van der Waals surface area contributed by atoms with Gasteiger partial charge in [-0.1, -0.05) is 62.4 Å². The number of ether oxygens (including phenoxy) is 1. The number of rotatable bonds is 9. The van der Waals surface area contributed by atoms with Crippen molar-refractivity contribution in [3.05, 3.63) is 71.8 Å². The Kier molecular flexibility index (Phi) is 7.42. The van der Waals surface area contributed by atoms with Gasteiger partial charge in [0, 0.05) is 19.1 Å². The first-order valence-electron chi connectivity index (χ1n) is 8.79. The molecule has 0 aliphatic heterocycles. The van der Waals surface area contributed by atoms with Gasteiger partial charge in [0.15, 0.2) is 0 Å². The molecule has 0 spiro atoms. The summed E-state index contributed by atoms with van der Waals surface area (Å²) < 4.78 is 5.15. The Labute approximate surface area is 150 Å². The van der Waals surface area contributed by atoms with Gasteiger partial charge in [0.1, 0.15) is 0 Å². The normalized spacial score (nSPS) is 10.5. The van der Waals surface area contributed by atoms with Crippen LogP contribution >= 0.6 is 0 Å². The Morgan fingerprint density at radius 2 is 1.80 bits per heavy atom. The summed E-state index contributed by atoms with van der Waals surface area (Å²) in [6.07, 6.45) is 4.66. The summed E-state index contributed by atoms with van der Waals surface area (Å²) in [6.45, 7) is 6.09. The smallest absolute Gasteiger partial charge is 0.330 e. The zero-order valence-electron chi connectivity index (χ0n) is 14.8. The van der Waals surface area contributed by atoms with Crippen molar-refractivity contribution in [3.63, 3.8) is 0 Å². The van der Waals surface area contributed by atoms with E-state index in [2.05, 4.69) is 43.8 Å². The molecule has 0 aliphatic carbocycles. The van der Waals surface area contributed by atoms with Gasteiger partial charge >= 0.3 is 5.97 Å². The Bertz CT molecular complexity index is 702. The fraction of sp³-hybridized carbons (Fsp3) is 0.318. The van der Waals surface area contributed by atoms with Crippen LogP contribution in [0.3, 0.4) is 0 Å². The largest absolute Gasteiger partial charge is 0.462 e. The molecule has 0 saturated heterocycles. The number of carbonyl (C=O) groups excluding carboxylic acids is 1. The third kappa shape index (κ3) is 5.57. The van der Waals surface area contributed by atoms with Crippen LogP contribution in [0.5, 0.6) is 0 Å². The molecule has 3 nitrogen and oxygen atoms in total. The van der Waals surface area contributed by atoms with E-state index >= 15 is 0 Å². The molecule has 132 valence electrons. The highest BCUT2D eigenvalue weighted by Gasteiger charge is 2.08. The fourth-order valence-electron chi connectivity index (χ4n) is 2.88. The van der Waals surface area contributed by atoms with Crippen molar-refractivity contribution in [1.82, 2.24) is 0 Å². The Morgan fingerprint density at radius 1 is 1.08 bits per heavy atom. The highest BCUT2D eigenvalue weighted by molar-refractivity contribution is 5.81. The highest BCUT2D eigenvalue weighted by atomic mass is 16.5. The third-order valence-electron chi connectivity index (χ3n) is 4.16. The van der Waals surface area contributed by atoms with Gasteiger partial charge in [-0.25, -0.2) is 4.79 Å². The van der Waals surface area contributed by atoms with Gasteiger partial charge in [-0.05, 0) is 40.7 Å². The van der Waals surface area contributed by atoms with Crippen molar-refractivity contribution in [2.75, 3.05) is 13.2 Å². The highest BCUT2D eigenvalue weighted by Crippen LogP contribution is 2.26. The molecule has 0 aromatic heterocycles. The molecule has 1 N–H and O–H groups in total. The van der Waals surface area contributed by atoms with Crippen LogP contribution in [0.2, 0.25) is 0 Å². The van der Waals surface area contributed by atoms with Crippen LogP contribution < -0.4 is 0 Å². The number of carbonyl (C=O) groups is 1. The predicted octanol–water partition coefficient (Wildman–Crippen LogP) is 4.11. The van der Waals surface area contributed by atoms with Crippen molar-refractivity contribution in [3.8, 4) is 11.1 Å². The molecule has 0 radical (unpaired) electrons. The monoisotopic (exact) mass is 338 g/mol. The van der Waals surface area contributed by atoms with Gasteiger partial charge in [-0.3, -0.25) is 0 Å². The van der Waals surface area contributed by atoms with Gasteiger partial charge in [0.05, 0.1) is 6.61 Å². The molecule has 3 heteroatoms. The first kappa shape index (κ1) is 18.9. The topological polar surface area (TPSA) is 46.5 Å². The minimum absolute atomic E-state index is 0.158. The summed E-state index contributed by atoms with van der Waals surface area (Å²) in [4.78, 5) is 11.3. The Morgan fingerprint density at radius 3 is 2.44 bits per heavy atom. The number of esters is 1. The maximum atomic E-state index is 11.3. The van der Waals surface area contributed by atoms with E-state index < -0.39 is 0 Å². The number of hydrogen-bond acceptors (Lipinski definition) is 3. The molecule has 0 unspecified atom stereocenters. The minimum Gasteiger partial charge on any atom is -0.462 e. The van der Waals surface area contributed by atoms with Crippen molar-refractivity contribution in [2.45, 2.75) is 32.6 Å². The van der Waals surface area contributed by atoms with E-state index in [-0.39, 0.29) is 12.6 Å². The standard InChI is InChI=1S/C22H26O3/c1-3-5-18-8-11-21(19-9-6-17(7-10-19)12-14-23)20(16-18)13-15-25-22(24)4-2/h4,6-11,16,23H,2-3,5,12-15H2,1H3. The van der Waals surface area contributed by atoms with Crippen LogP contribution in [0.4, 0.5) is 0 Å². The SMILES string of the molecule is C=CC(=O)OCCc1cc(CCC)ccc1-c1ccc(CCO)cc1. The van der Waals surface area contributed by atoms with E-state index in [4.69, 9.17) is 9.84 Å². The van der Waals surface area contributed by atoms with Crippen LogP contribution in [0.25, 0.3) is 11.1 Å². The zero-order chi connectivity index (χ0) is 18.1. The summed E-state index contributed by atoms with van der Waals surface area (Å²) >= 11 is 0. The molecule has 0 heterocycles. The molecular formula is C22H26O3. The average molecular weight is 338 g/mol. The van der Waals surface area contributed by atoms with E-state index in [9.17, 15) is 4.79 Å². The Hall–Kier alpha value is -2.39. The lowest BCUT2D eigenvalue weighted by atomic mass is 9.94. The van der Waals surface area contributed by atoms with Crippen LogP contribution in [-0.4, -0.2) is 24.3 Å². The van der Waals surface area contributed by atoms with E-state index in [1.165, 1.54) is 17.2 Å². The van der Waals surface area contributed by atoms with E-state index in [1.807, 2.05) is 12.1 Å². The molecule has 0 fully saturated rings. The maximum absolute atomic E-state index is 11.3. The minimum atomic E-state index is -0.389. The summed E-state index contributed by atoms with van der Waals surface area (Å²) in [5.41, 5.74) is 5.89. The number of aliphatic hydroxyl groups is 1. The summed E-state index contributed by atoms with van der Waals surface area (Å²) in [5, 5.41) is 9.05. The number of benzene rings is 2. The first-order chi connectivity index (χ1) is 12.2. The molecular weight excluding hydrogens is 312 g/mol. The van der Waals surface area contributed by atoms with E-state index in [0.717, 1.165) is 29.5 Å². The molecule has 0 bridgehead atoms. The van der Waals surface area contributed by atoms with Crippen LogP contribution in [0, 0.1) is 0 Å². The van der Waals surface area contributed by atoms with Crippen LogP contribution in [0.15, 0.2) is 55.1 Å². The van der Waals surface area contributed by atoms with Crippen molar-refractivity contribution < 1.29 is 14.6 Å². The van der Waals surface area contributed by atoms with Crippen LogP contribution in [-0.2, 0) is 28.8 Å². The van der Waals surface area contributed by atoms with Crippen molar-refractivity contribution >= 4 is 5.97 Å². The van der Waals surface area contributed by atoms with Crippen molar-refractivity contribution in [2.24, 2.45) is 0 Å². The molecule has 0 atom stereocenters. The summed E-state index contributed by atoms with van der Waals surface area (Å²) in [6, 6.07) is 14.8. The van der Waals surface area contributed by atoms with Gasteiger partial charge in [0.2, 0.25) is 0 Å². The average Bonchev–Trinajstić information content (AvgIpc) is 2.63. The Balaban J connectivity index is 2.25. The lowest BCUT2D eigenvalue weighted by Gasteiger charge is -2.13.